The molecule has 0 bridgehead atoms. The molecule has 0 saturated carbocycles. The number of nitrogens with two attached hydrogens (primary N) is 1. The van der Waals surface area contributed by atoms with Gasteiger partial charge in [-0.2, -0.15) is 11.8 Å². The van der Waals surface area contributed by atoms with Crippen LogP contribution in [0.3, 0.4) is 0 Å². The first kappa shape index (κ1) is 13.8. The van der Waals surface area contributed by atoms with Crippen LogP contribution in [0, 0.1) is 5.92 Å². The van der Waals surface area contributed by atoms with Gasteiger partial charge in [0.2, 0.25) is 5.91 Å². The van der Waals surface area contributed by atoms with Gasteiger partial charge in [0.25, 0.3) is 0 Å². The fourth-order valence-corrected chi connectivity index (χ4v) is 2.65. The van der Waals surface area contributed by atoms with Gasteiger partial charge in [-0.1, -0.05) is 13.3 Å². The van der Waals surface area contributed by atoms with E-state index in [-0.39, 0.29) is 11.9 Å². The molecule has 1 fully saturated rings. The minimum Gasteiger partial charge on any atom is -0.341 e. The second-order valence-corrected chi connectivity index (χ2v) is 5.55. The van der Waals surface area contributed by atoms with Crippen molar-refractivity contribution in [2.24, 2.45) is 11.7 Å². The molecular formula is C12H24N2OS. The molecule has 1 rings (SSSR count). The molecule has 1 atom stereocenters. The highest BCUT2D eigenvalue weighted by atomic mass is 32.2. The number of piperidine rings is 1. The smallest absolute Gasteiger partial charge is 0.239 e. The maximum absolute atomic E-state index is 12.0. The number of likely N-dealkylation sites (tertiary alicyclic amines) is 1. The molecule has 94 valence electrons. The molecule has 2 N–H and O–H groups in total. The zero-order chi connectivity index (χ0) is 12.0. The van der Waals surface area contributed by atoms with Crippen LogP contribution in [0.15, 0.2) is 0 Å². The summed E-state index contributed by atoms with van der Waals surface area (Å²) in [5, 5.41) is 0. The molecule has 0 spiro atoms. The number of nitrogens with zero attached hydrogens (tertiary/aromatic N) is 1. The molecule has 4 heteroatoms. The van der Waals surface area contributed by atoms with E-state index in [0.717, 1.165) is 44.0 Å². The van der Waals surface area contributed by atoms with Crippen molar-refractivity contribution in [3.63, 3.8) is 0 Å². The van der Waals surface area contributed by atoms with Crippen LogP contribution in [0.1, 0.15) is 32.6 Å². The summed E-state index contributed by atoms with van der Waals surface area (Å²) in [6.45, 7) is 4.04. The van der Waals surface area contributed by atoms with Crippen LogP contribution in [-0.2, 0) is 4.79 Å². The van der Waals surface area contributed by atoms with E-state index in [0.29, 0.717) is 0 Å². The lowest BCUT2D eigenvalue weighted by atomic mass is 9.94. The van der Waals surface area contributed by atoms with E-state index in [9.17, 15) is 4.79 Å². The largest absolute Gasteiger partial charge is 0.341 e. The summed E-state index contributed by atoms with van der Waals surface area (Å²) in [7, 11) is 0. The summed E-state index contributed by atoms with van der Waals surface area (Å²) >= 11 is 1.75. The Balaban J connectivity index is 2.32. The van der Waals surface area contributed by atoms with Crippen molar-refractivity contribution in [2.75, 3.05) is 25.1 Å². The summed E-state index contributed by atoms with van der Waals surface area (Å²) < 4.78 is 0. The average Bonchev–Trinajstić information content (AvgIpc) is 2.35. The summed E-state index contributed by atoms with van der Waals surface area (Å²) in [5.74, 6) is 1.94. The van der Waals surface area contributed by atoms with Crippen LogP contribution in [0.2, 0.25) is 0 Å². The topological polar surface area (TPSA) is 46.3 Å². The molecule has 0 unspecified atom stereocenters. The Bertz CT molecular complexity index is 215. The van der Waals surface area contributed by atoms with Crippen LogP contribution in [0.5, 0.6) is 0 Å². The standard InChI is InChI=1S/C12H24N2OS/c1-3-10-4-7-14(8-5-10)12(15)11(13)6-9-16-2/h10-11H,3-9,13H2,1-2H3/t11-/m0/s1. The molecule has 1 saturated heterocycles. The number of hydrogen-bond donors (Lipinski definition) is 1. The van der Waals surface area contributed by atoms with Crippen molar-refractivity contribution < 1.29 is 4.79 Å². The molecule has 1 heterocycles. The van der Waals surface area contributed by atoms with Gasteiger partial charge in [0.1, 0.15) is 0 Å². The highest BCUT2D eigenvalue weighted by Crippen LogP contribution is 2.20. The first-order chi connectivity index (χ1) is 7.69. The predicted molar refractivity (Wildman–Crippen MR) is 70.6 cm³/mol. The maximum Gasteiger partial charge on any atom is 0.239 e. The first-order valence-electron chi connectivity index (χ1n) is 6.22. The summed E-state index contributed by atoms with van der Waals surface area (Å²) in [5.41, 5.74) is 5.90. The van der Waals surface area contributed by atoms with Crippen molar-refractivity contribution in [1.82, 2.24) is 4.90 Å². The van der Waals surface area contributed by atoms with Gasteiger partial charge in [0, 0.05) is 13.1 Å². The third-order valence-corrected chi connectivity index (χ3v) is 4.10. The van der Waals surface area contributed by atoms with Gasteiger partial charge in [-0.3, -0.25) is 4.79 Å². The van der Waals surface area contributed by atoms with E-state index in [1.165, 1.54) is 6.42 Å². The molecule has 1 aliphatic rings. The van der Waals surface area contributed by atoms with Crippen LogP contribution in [-0.4, -0.2) is 41.9 Å². The van der Waals surface area contributed by atoms with E-state index in [4.69, 9.17) is 5.73 Å². The average molecular weight is 244 g/mol. The number of hydrogen-bond acceptors (Lipinski definition) is 3. The summed E-state index contributed by atoms with van der Waals surface area (Å²) in [6.07, 6.45) is 6.38. The van der Waals surface area contributed by atoms with Crippen molar-refractivity contribution >= 4 is 17.7 Å². The number of amides is 1. The third kappa shape index (κ3) is 3.98. The molecule has 0 aliphatic carbocycles. The van der Waals surface area contributed by atoms with E-state index in [1.54, 1.807) is 11.8 Å². The molecule has 0 aromatic rings. The highest BCUT2D eigenvalue weighted by Gasteiger charge is 2.25. The minimum absolute atomic E-state index is 0.156. The summed E-state index contributed by atoms with van der Waals surface area (Å²) in [6, 6.07) is -0.286. The Morgan fingerprint density at radius 3 is 2.62 bits per heavy atom. The lowest BCUT2D eigenvalue weighted by Gasteiger charge is -2.33. The van der Waals surface area contributed by atoms with Crippen LogP contribution in [0.4, 0.5) is 0 Å². The second-order valence-electron chi connectivity index (χ2n) is 4.56. The summed E-state index contributed by atoms with van der Waals surface area (Å²) in [4.78, 5) is 13.9. The molecule has 0 aromatic carbocycles. The fourth-order valence-electron chi connectivity index (χ4n) is 2.16. The number of carbonyl (C=O) groups is 1. The lowest BCUT2D eigenvalue weighted by molar-refractivity contribution is -0.134. The predicted octanol–water partition coefficient (Wildman–Crippen LogP) is 1.72. The van der Waals surface area contributed by atoms with E-state index >= 15 is 0 Å². The van der Waals surface area contributed by atoms with Crippen molar-refractivity contribution in [3.8, 4) is 0 Å². The van der Waals surface area contributed by atoms with E-state index in [1.807, 2.05) is 11.2 Å². The molecule has 0 radical (unpaired) electrons. The molecule has 16 heavy (non-hydrogen) atoms. The Morgan fingerprint density at radius 2 is 2.12 bits per heavy atom. The zero-order valence-electron chi connectivity index (χ0n) is 10.4. The number of thioether (sulfide) groups is 1. The SMILES string of the molecule is CCC1CCN(C(=O)[C@@H](N)CCSC)CC1. The van der Waals surface area contributed by atoms with Crippen molar-refractivity contribution in [2.45, 2.75) is 38.6 Å². The monoisotopic (exact) mass is 244 g/mol. The number of rotatable bonds is 5. The van der Waals surface area contributed by atoms with E-state index in [2.05, 4.69) is 6.92 Å². The van der Waals surface area contributed by atoms with Gasteiger partial charge >= 0.3 is 0 Å². The molecule has 3 nitrogen and oxygen atoms in total. The fraction of sp³-hybridized carbons (Fsp3) is 0.917. The Hall–Kier alpha value is -0.220. The molecule has 0 aromatic heterocycles. The van der Waals surface area contributed by atoms with E-state index < -0.39 is 0 Å². The quantitative estimate of drug-likeness (QED) is 0.801. The van der Waals surface area contributed by atoms with Crippen LogP contribution >= 0.6 is 11.8 Å². The van der Waals surface area contributed by atoms with Gasteiger partial charge in [0.05, 0.1) is 6.04 Å². The van der Waals surface area contributed by atoms with Gasteiger partial charge in [-0.05, 0) is 37.2 Å². The first-order valence-corrected chi connectivity index (χ1v) is 7.61. The lowest BCUT2D eigenvalue weighted by Crippen LogP contribution is -2.47. The maximum atomic E-state index is 12.0. The Labute approximate surface area is 103 Å². The van der Waals surface area contributed by atoms with Crippen molar-refractivity contribution in [3.05, 3.63) is 0 Å². The van der Waals surface area contributed by atoms with Gasteiger partial charge in [0.15, 0.2) is 0 Å². The zero-order valence-corrected chi connectivity index (χ0v) is 11.3. The van der Waals surface area contributed by atoms with Crippen LogP contribution < -0.4 is 5.73 Å². The minimum atomic E-state index is -0.286. The Kier molecular flexibility index (Phi) is 6.21. The van der Waals surface area contributed by atoms with Crippen LogP contribution in [0.25, 0.3) is 0 Å². The van der Waals surface area contributed by atoms with Crippen molar-refractivity contribution in [1.29, 1.82) is 0 Å². The number of carbonyl (C=O) groups excluding carboxylic acids is 1. The molecular weight excluding hydrogens is 220 g/mol. The Morgan fingerprint density at radius 1 is 1.50 bits per heavy atom. The molecule has 1 aliphatic heterocycles. The van der Waals surface area contributed by atoms with Gasteiger partial charge in [-0.15, -0.1) is 0 Å². The molecule has 1 amide bonds. The van der Waals surface area contributed by atoms with Gasteiger partial charge < -0.3 is 10.6 Å². The highest BCUT2D eigenvalue weighted by molar-refractivity contribution is 7.98. The second kappa shape index (κ2) is 7.17. The third-order valence-electron chi connectivity index (χ3n) is 3.45. The normalized spacial score (nSPS) is 19.8. The van der Waals surface area contributed by atoms with Gasteiger partial charge in [-0.25, -0.2) is 0 Å².